The number of hydrogen-bond acceptors (Lipinski definition) is 2. The van der Waals surface area contributed by atoms with Crippen molar-refractivity contribution in [1.29, 1.82) is 0 Å². The number of nitrogen functional groups attached to an aromatic ring is 1. The van der Waals surface area contributed by atoms with Crippen molar-refractivity contribution in [2.45, 2.75) is 0 Å². The van der Waals surface area contributed by atoms with E-state index in [2.05, 4.69) is 38.5 Å². The van der Waals surface area contributed by atoms with Gasteiger partial charge in [0.1, 0.15) is 5.75 Å². The quantitative estimate of drug-likeness (QED) is 0.609. The lowest BCUT2D eigenvalue weighted by atomic mass is 10.3. The second-order valence-electron chi connectivity index (χ2n) is 3.24. The molecule has 0 radical (unpaired) electrons. The third-order valence-corrected chi connectivity index (χ3v) is 3.16. The molecule has 0 aliphatic rings. The van der Waals surface area contributed by atoms with E-state index in [1.165, 1.54) is 0 Å². The van der Waals surface area contributed by atoms with Crippen molar-refractivity contribution in [2.75, 3.05) is 5.73 Å². The number of rotatable bonds is 2. The molecular weight excluding hydrogens is 381 g/mol. The van der Waals surface area contributed by atoms with Crippen molar-refractivity contribution in [1.82, 2.24) is 0 Å². The van der Waals surface area contributed by atoms with Gasteiger partial charge in [0.25, 0.3) is 0 Å². The van der Waals surface area contributed by atoms with Crippen molar-refractivity contribution < 1.29 is 4.74 Å². The normalized spacial score (nSPS) is 10.1. The highest BCUT2D eigenvalue weighted by Crippen LogP contribution is 2.30. The Labute approximate surface area is 116 Å². The Morgan fingerprint density at radius 2 is 1.94 bits per heavy atom. The molecule has 2 rings (SSSR count). The zero-order valence-electron chi connectivity index (χ0n) is 8.28. The number of ether oxygens (including phenoxy) is 1. The van der Waals surface area contributed by atoms with Gasteiger partial charge >= 0.3 is 0 Å². The summed E-state index contributed by atoms with van der Waals surface area (Å²) in [6, 6.07) is 13.4. The summed E-state index contributed by atoms with van der Waals surface area (Å²) in [4.78, 5) is 0. The van der Waals surface area contributed by atoms with Gasteiger partial charge in [0, 0.05) is 8.04 Å². The van der Waals surface area contributed by atoms with Crippen LogP contribution in [0.25, 0.3) is 0 Å². The summed E-state index contributed by atoms with van der Waals surface area (Å²) >= 11 is 5.63. The Bertz CT molecular complexity index is 516. The van der Waals surface area contributed by atoms with Crippen molar-refractivity contribution in [3.63, 3.8) is 0 Å². The number of anilines is 1. The molecule has 0 aromatic heterocycles. The monoisotopic (exact) mass is 389 g/mol. The largest absolute Gasteiger partial charge is 0.455 e. The van der Waals surface area contributed by atoms with Crippen LogP contribution < -0.4 is 10.5 Å². The third kappa shape index (κ3) is 2.89. The van der Waals surface area contributed by atoms with Crippen LogP contribution in [0.3, 0.4) is 0 Å². The fourth-order valence-electron chi connectivity index (χ4n) is 1.25. The van der Waals surface area contributed by atoms with Crippen LogP contribution >= 0.6 is 38.5 Å². The van der Waals surface area contributed by atoms with Crippen LogP contribution in [0.2, 0.25) is 0 Å². The van der Waals surface area contributed by atoms with Crippen molar-refractivity contribution in [3.05, 3.63) is 50.5 Å². The summed E-state index contributed by atoms with van der Waals surface area (Å²) in [5.74, 6) is 1.45. The predicted octanol–water partition coefficient (Wildman–Crippen LogP) is 4.43. The summed E-state index contributed by atoms with van der Waals surface area (Å²) in [6.45, 7) is 0. The number of hydrogen-bond donors (Lipinski definition) is 1. The maximum absolute atomic E-state index is 5.83. The summed E-state index contributed by atoms with van der Waals surface area (Å²) in [6.07, 6.45) is 0. The lowest BCUT2D eigenvalue weighted by molar-refractivity contribution is 0.484. The Morgan fingerprint density at radius 3 is 2.69 bits per heavy atom. The van der Waals surface area contributed by atoms with Crippen LogP contribution in [-0.2, 0) is 0 Å². The smallest absolute Gasteiger partial charge is 0.151 e. The zero-order valence-corrected chi connectivity index (χ0v) is 12.0. The molecule has 0 heterocycles. The van der Waals surface area contributed by atoms with Gasteiger partial charge in [-0.05, 0) is 59.0 Å². The highest BCUT2D eigenvalue weighted by molar-refractivity contribution is 14.1. The first-order valence-corrected chi connectivity index (χ1v) is 6.51. The minimum absolute atomic E-state index is 0.627. The first kappa shape index (κ1) is 11.7. The van der Waals surface area contributed by atoms with Gasteiger partial charge in [-0.1, -0.05) is 22.0 Å². The molecule has 0 amide bonds. The molecule has 2 nitrogen and oxygen atoms in total. The van der Waals surface area contributed by atoms with E-state index in [4.69, 9.17) is 10.5 Å². The van der Waals surface area contributed by atoms with Gasteiger partial charge in [-0.15, -0.1) is 0 Å². The number of nitrogens with two attached hydrogens (primary N) is 1. The van der Waals surface area contributed by atoms with Crippen LogP contribution in [-0.4, -0.2) is 0 Å². The number of halogens is 2. The van der Waals surface area contributed by atoms with Crippen molar-refractivity contribution in [2.24, 2.45) is 0 Å². The van der Waals surface area contributed by atoms with Crippen LogP contribution in [0.5, 0.6) is 11.5 Å². The molecule has 0 bridgehead atoms. The van der Waals surface area contributed by atoms with E-state index in [1.807, 2.05) is 42.5 Å². The number of benzene rings is 2. The fourth-order valence-corrected chi connectivity index (χ4v) is 2.11. The zero-order chi connectivity index (χ0) is 11.5. The van der Waals surface area contributed by atoms with E-state index in [0.717, 1.165) is 13.8 Å². The second kappa shape index (κ2) is 5.05. The second-order valence-corrected chi connectivity index (χ2v) is 5.40. The van der Waals surface area contributed by atoms with Gasteiger partial charge in [-0.2, -0.15) is 0 Å². The Morgan fingerprint density at radius 1 is 1.12 bits per heavy atom. The molecule has 0 spiro atoms. The molecule has 16 heavy (non-hydrogen) atoms. The molecule has 0 atom stereocenters. The Kier molecular flexibility index (Phi) is 3.70. The Hall–Kier alpha value is -0.750. The van der Waals surface area contributed by atoms with Gasteiger partial charge in [0.05, 0.1) is 5.69 Å². The SMILES string of the molecule is Nc1ccc(Br)cc1Oc1cccc(I)c1. The van der Waals surface area contributed by atoms with Crippen LogP contribution in [0.15, 0.2) is 46.9 Å². The molecule has 2 N–H and O–H groups in total. The molecule has 82 valence electrons. The summed E-state index contributed by atoms with van der Waals surface area (Å²) in [7, 11) is 0. The fraction of sp³-hybridized carbons (Fsp3) is 0. The van der Waals surface area contributed by atoms with Crippen molar-refractivity contribution in [3.8, 4) is 11.5 Å². The average molecular weight is 390 g/mol. The van der Waals surface area contributed by atoms with Crippen LogP contribution in [0, 0.1) is 3.57 Å². The third-order valence-electron chi connectivity index (χ3n) is 2.00. The molecule has 0 unspecified atom stereocenters. The minimum Gasteiger partial charge on any atom is -0.455 e. The van der Waals surface area contributed by atoms with Gasteiger partial charge in [-0.3, -0.25) is 0 Å². The minimum atomic E-state index is 0.627. The first-order chi connectivity index (χ1) is 7.65. The Balaban J connectivity index is 2.30. The predicted molar refractivity (Wildman–Crippen MR) is 77.8 cm³/mol. The van der Waals surface area contributed by atoms with E-state index in [9.17, 15) is 0 Å². The molecule has 0 saturated heterocycles. The molecule has 0 aliphatic heterocycles. The molecule has 0 fully saturated rings. The molecule has 2 aromatic rings. The molecular formula is C12H9BrINO. The highest BCUT2D eigenvalue weighted by Gasteiger charge is 2.03. The van der Waals surface area contributed by atoms with Crippen molar-refractivity contribution >= 4 is 44.2 Å². The summed E-state index contributed by atoms with van der Waals surface area (Å²) < 4.78 is 7.79. The van der Waals surface area contributed by atoms with Gasteiger partial charge in [0.2, 0.25) is 0 Å². The molecule has 4 heteroatoms. The highest BCUT2D eigenvalue weighted by atomic mass is 127. The van der Waals surface area contributed by atoms with Crippen LogP contribution in [0.1, 0.15) is 0 Å². The summed E-state index contributed by atoms with van der Waals surface area (Å²) in [5.41, 5.74) is 6.45. The molecule has 0 aliphatic carbocycles. The summed E-state index contributed by atoms with van der Waals surface area (Å²) in [5, 5.41) is 0. The molecule has 2 aromatic carbocycles. The lowest BCUT2D eigenvalue weighted by Crippen LogP contribution is -1.92. The average Bonchev–Trinajstić information content (AvgIpc) is 2.24. The van der Waals surface area contributed by atoms with E-state index < -0.39 is 0 Å². The standard InChI is InChI=1S/C12H9BrINO/c13-8-4-5-11(15)12(6-8)16-10-3-1-2-9(14)7-10/h1-7H,15H2. The topological polar surface area (TPSA) is 35.2 Å². The maximum atomic E-state index is 5.83. The van der Waals surface area contributed by atoms with E-state index in [-0.39, 0.29) is 0 Å². The first-order valence-electron chi connectivity index (χ1n) is 4.63. The van der Waals surface area contributed by atoms with Gasteiger partial charge in [-0.25, -0.2) is 0 Å². The van der Waals surface area contributed by atoms with E-state index in [1.54, 1.807) is 0 Å². The lowest BCUT2D eigenvalue weighted by Gasteiger charge is -2.08. The van der Waals surface area contributed by atoms with Gasteiger partial charge in [0.15, 0.2) is 5.75 Å². The van der Waals surface area contributed by atoms with E-state index >= 15 is 0 Å². The van der Waals surface area contributed by atoms with Gasteiger partial charge < -0.3 is 10.5 Å². The van der Waals surface area contributed by atoms with E-state index in [0.29, 0.717) is 11.4 Å². The molecule has 0 saturated carbocycles. The maximum Gasteiger partial charge on any atom is 0.151 e. The van der Waals surface area contributed by atoms with Crippen LogP contribution in [0.4, 0.5) is 5.69 Å².